The zero-order valence-corrected chi connectivity index (χ0v) is 16.9. The molecular formula is C21H16ClFN2O3S. The summed E-state index contributed by atoms with van der Waals surface area (Å²) >= 11 is 6.08. The number of halogens is 2. The Morgan fingerprint density at radius 1 is 1.07 bits per heavy atom. The summed E-state index contributed by atoms with van der Waals surface area (Å²) in [6.45, 7) is 1.30. The highest BCUT2D eigenvalue weighted by atomic mass is 35.5. The Hall–Kier alpha value is -2.90. The van der Waals surface area contributed by atoms with Crippen molar-refractivity contribution in [1.82, 2.24) is 0 Å². The van der Waals surface area contributed by atoms with Crippen molar-refractivity contribution < 1.29 is 17.6 Å². The number of hydrogen-bond donors (Lipinski definition) is 1. The van der Waals surface area contributed by atoms with E-state index in [0.717, 1.165) is 4.31 Å². The van der Waals surface area contributed by atoms with Gasteiger partial charge in [0.05, 0.1) is 10.6 Å². The molecule has 0 saturated heterocycles. The number of nitrogens with zero attached hydrogens (tertiary/aromatic N) is 1. The van der Waals surface area contributed by atoms with Gasteiger partial charge in [0.15, 0.2) is 0 Å². The lowest BCUT2D eigenvalue weighted by molar-refractivity contribution is -0.114. The average molecular weight is 431 g/mol. The van der Waals surface area contributed by atoms with Crippen LogP contribution in [0.25, 0.3) is 11.1 Å². The van der Waals surface area contributed by atoms with Crippen molar-refractivity contribution in [3.05, 3.63) is 77.1 Å². The molecule has 0 unspecified atom stereocenters. The highest BCUT2D eigenvalue weighted by Crippen LogP contribution is 2.43. The summed E-state index contributed by atoms with van der Waals surface area (Å²) in [6, 6.07) is 15.2. The number of carbonyl (C=O) groups is 1. The normalized spacial score (nSPS) is 14.1. The molecular weight excluding hydrogens is 415 g/mol. The summed E-state index contributed by atoms with van der Waals surface area (Å²) in [5.74, 6) is -1.02. The Labute approximate surface area is 172 Å². The third-order valence-corrected chi connectivity index (χ3v) is 7.03. The van der Waals surface area contributed by atoms with Crippen LogP contribution in [-0.4, -0.2) is 20.9 Å². The Morgan fingerprint density at radius 2 is 1.83 bits per heavy atom. The maximum absolute atomic E-state index is 13.9. The van der Waals surface area contributed by atoms with Crippen LogP contribution in [0.1, 0.15) is 5.56 Å². The molecule has 3 aromatic rings. The highest BCUT2D eigenvalue weighted by molar-refractivity contribution is 7.93. The summed E-state index contributed by atoms with van der Waals surface area (Å²) in [5, 5.41) is 3.19. The minimum atomic E-state index is -3.99. The third kappa shape index (κ3) is 3.36. The number of hydrogen-bond acceptors (Lipinski definition) is 3. The standard InChI is InChI=1S/C21H16ClFN2O3S/c1-13-17(22)6-4-7-18(13)24-21(26)12-25-19-10-9-14(23)11-16(19)15-5-2-3-8-20(15)29(25,27)28/h2-11H,12H2,1H3,(H,24,26). The van der Waals surface area contributed by atoms with Crippen molar-refractivity contribution in [1.29, 1.82) is 0 Å². The van der Waals surface area contributed by atoms with E-state index in [1.54, 1.807) is 43.3 Å². The summed E-state index contributed by atoms with van der Waals surface area (Å²) in [6.07, 6.45) is 0. The van der Waals surface area contributed by atoms with Gasteiger partial charge in [-0.3, -0.25) is 9.10 Å². The van der Waals surface area contributed by atoms with Crippen molar-refractivity contribution in [2.24, 2.45) is 0 Å². The molecule has 1 aliphatic heterocycles. The van der Waals surface area contributed by atoms with Crippen LogP contribution in [0.2, 0.25) is 5.02 Å². The first-order valence-electron chi connectivity index (χ1n) is 8.75. The van der Waals surface area contributed by atoms with Crippen LogP contribution in [0.5, 0.6) is 0 Å². The lowest BCUT2D eigenvalue weighted by Crippen LogP contribution is -2.40. The molecule has 1 aliphatic rings. The van der Waals surface area contributed by atoms with Gasteiger partial charge in [0, 0.05) is 21.8 Å². The summed E-state index contributed by atoms with van der Waals surface area (Å²) in [5.41, 5.74) is 2.25. The van der Waals surface area contributed by atoms with Crippen LogP contribution in [0, 0.1) is 12.7 Å². The number of nitrogens with one attached hydrogen (secondary N) is 1. The quantitative estimate of drug-likeness (QED) is 0.660. The maximum Gasteiger partial charge on any atom is 0.265 e. The zero-order chi connectivity index (χ0) is 20.8. The van der Waals surface area contributed by atoms with Gasteiger partial charge in [-0.05, 0) is 48.9 Å². The molecule has 0 aromatic heterocycles. The lowest BCUT2D eigenvalue weighted by atomic mass is 10.0. The van der Waals surface area contributed by atoms with Gasteiger partial charge < -0.3 is 5.32 Å². The molecule has 1 heterocycles. The molecule has 0 aliphatic carbocycles. The Kier molecular flexibility index (Phi) is 4.80. The van der Waals surface area contributed by atoms with Crippen LogP contribution in [0.4, 0.5) is 15.8 Å². The van der Waals surface area contributed by atoms with Gasteiger partial charge in [0.2, 0.25) is 5.91 Å². The molecule has 3 aromatic carbocycles. The maximum atomic E-state index is 13.9. The number of fused-ring (bicyclic) bond motifs is 3. The fraction of sp³-hybridized carbons (Fsp3) is 0.0952. The second-order valence-electron chi connectivity index (χ2n) is 6.63. The first-order valence-corrected chi connectivity index (χ1v) is 10.6. The molecule has 5 nitrogen and oxygen atoms in total. The number of amides is 1. The molecule has 0 radical (unpaired) electrons. The average Bonchev–Trinajstić information content (AvgIpc) is 2.69. The first kappa shape index (κ1) is 19.4. The van der Waals surface area contributed by atoms with Crippen molar-refractivity contribution in [3.8, 4) is 11.1 Å². The van der Waals surface area contributed by atoms with Gasteiger partial charge in [-0.15, -0.1) is 0 Å². The largest absolute Gasteiger partial charge is 0.324 e. The van der Waals surface area contributed by atoms with Crippen molar-refractivity contribution in [3.63, 3.8) is 0 Å². The van der Waals surface area contributed by atoms with E-state index in [0.29, 0.717) is 27.4 Å². The molecule has 0 saturated carbocycles. The van der Waals surface area contributed by atoms with E-state index in [2.05, 4.69) is 5.32 Å². The monoisotopic (exact) mass is 430 g/mol. The summed E-state index contributed by atoms with van der Waals surface area (Å²) in [4.78, 5) is 12.7. The molecule has 29 heavy (non-hydrogen) atoms. The second kappa shape index (κ2) is 7.17. The zero-order valence-electron chi connectivity index (χ0n) is 15.3. The molecule has 0 bridgehead atoms. The number of anilines is 2. The molecule has 4 rings (SSSR count). The van der Waals surface area contributed by atoms with Crippen molar-refractivity contribution in [2.45, 2.75) is 11.8 Å². The fourth-order valence-electron chi connectivity index (χ4n) is 3.34. The second-order valence-corrected chi connectivity index (χ2v) is 8.87. The number of carbonyl (C=O) groups excluding carboxylic acids is 1. The van der Waals surface area contributed by atoms with E-state index in [4.69, 9.17) is 11.6 Å². The predicted octanol–water partition coefficient (Wildman–Crippen LogP) is 4.60. The fourth-order valence-corrected chi connectivity index (χ4v) is 5.16. The molecule has 148 valence electrons. The van der Waals surface area contributed by atoms with E-state index in [1.165, 1.54) is 24.3 Å². The van der Waals surface area contributed by atoms with Crippen LogP contribution < -0.4 is 9.62 Å². The molecule has 0 atom stereocenters. The van der Waals surface area contributed by atoms with Crippen molar-refractivity contribution in [2.75, 3.05) is 16.2 Å². The lowest BCUT2D eigenvalue weighted by Gasteiger charge is -2.31. The number of benzene rings is 3. The van der Waals surface area contributed by atoms with E-state index in [1.807, 2.05) is 0 Å². The smallest absolute Gasteiger partial charge is 0.265 e. The van der Waals surface area contributed by atoms with Gasteiger partial charge in [-0.1, -0.05) is 35.9 Å². The van der Waals surface area contributed by atoms with Gasteiger partial charge in [-0.2, -0.15) is 0 Å². The predicted molar refractivity (Wildman–Crippen MR) is 111 cm³/mol. The third-order valence-electron chi connectivity index (χ3n) is 4.80. The first-order chi connectivity index (χ1) is 13.8. The minimum absolute atomic E-state index is 0.0323. The molecule has 0 fully saturated rings. The summed E-state index contributed by atoms with van der Waals surface area (Å²) < 4.78 is 41.3. The Balaban J connectivity index is 1.74. The van der Waals surface area contributed by atoms with Crippen molar-refractivity contribution >= 4 is 38.9 Å². The Morgan fingerprint density at radius 3 is 2.62 bits per heavy atom. The van der Waals surface area contributed by atoms with E-state index >= 15 is 0 Å². The van der Waals surface area contributed by atoms with Gasteiger partial charge in [0.1, 0.15) is 12.4 Å². The van der Waals surface area contributed by atoms with E-state index in [-0.39, 0.29) is 10.6 Å². The van der Waals surface area contributed by atoms with Crippen LogP contribution in [0.15, 0.2) is 65.6 Å². The minimum Gasteiger partial charge on any atom is -0.324 e. The van der Waals surface area contributed by atoms with Crippen LogP contribution >= 0.6 is 11.6 Å². The molecule has 1 amide bonds. The van der Waals surface area contributed by atoms with E-state index < -0.39 is 28.3 Å². The van der Waals surface area contributed by atoms with Gasteiger partial charge in [-0.25, -0.2) is 12.8 Å². The van der Waals surface area contributed by atoms with Gasteiger partial charge >= 0.3 is 0 Å². The van der Waals surface area contributed by atoms with E-state index in [9.17, 15) is 17.6 Å². The SMILES string of the molecule is Cc1c(Cl)cccc1NC(=O)CN1c2ccc(F)cc2-c2ccccc2S1(=O)=O. The molecule has 8 heteroatoms. The highest BCUT2D eigenvalue weighted by Gasteiger charge is 2.36. The summed E-state index contributed by atoms with van der Waals surface area (Å²) in [7, 11) is -3.99. The molecule has 1 N–H and O–H groups in total. The molecule has 0 spiro atoms. The van der Waals surface area contributed by atoms with Crippen LogP contribution in [-0.2, 0) is 14.8 Å². The topological polar surface area (TPSA) is 66.5 Å². The van der Waals surface area contributed by atoms with Crippen LogP contribution in [0.3, 0.4) is 0 Å². The number of rotatable bonds is 3. The Bertz CT molecular complexity index is 1240. The van der Waals surface area contributed by atoms with Gasteiger partial charge in [0.25, 0.3) is 10.0 Å². The number of sulfonamides is 1.